The molecule has 0 amide bonds. The summed E-state index contributed by atoms with van der Waals surface area (Å²) in [6, 6.07) is 3.77. The maximum Gasteiger partial charge on any atom is 0.157 e. The summed E-state index contributed by atoms with van der Waals surface area (Å²) in [5.41, 5.74) is 6.24. The van der Waals surface area contributed by atoms with E-state index in [0.29, 0.717) is 6.54 Å². The molecule has 2 rings (SSSR count). The Hall–Kier alpha value is -1.62. The molecule has 0 aromatic carbocycles. The molecule has 0 fully saturated rings. The highest BCUT2D eigenvalue weighted by molar-refractivity contribution is 5.45. The normalized spacial score (nSPS) is 10.6. The van der Waals surface area contributed by atoms with Crippen molar-refractivity contribution in [2.75, 3.05) is 18.4 Å². The summed E-state index contributed by atoms with van der Waals surface area (Å²) in [5.74, 6) is 0.867. The first-order valence-electron chi connectivity index (χ1n) is 4.64. The lowest BCUT2D eigenvalue weighted by Crippen LogP contribution is -2.09. The van der Waals surface area contributed by atoms with E-state index in [2.05, 4.69) is 15.4 Å². The molecular formula is C9H13N5. The smallest absolute Gasteiger partial charge is 0.157 e. The Morgan fingerprint density at radius 3 is 3.21 bits per heavy atom. The molecule has 5 heteroatoms. The first-order valence-corrected chi connectivity index (χ1v) is 4.64. The fourth-order valence-corrected chi connectivity index (χ4v) is 1.23. The van der Waals surface area contributed by atoms with E-state index in [4.69, 9.17) is 5.73 Å². The van der Waals surface area contributed by atoms with Gasteiger partial charge in [-0.25, -0.2) is 9.50 Å². The molecular weight excluding hydrogens is 178 g/mol. The zero-order chi connectivity index (χ0) is 9.80. The molecule has 0 bridgehead atoms. The van der Waals surface area contributed by atoms with E-state index in [1.807, 2.05) is 18.3 Å². The largest absolute Gasteiger partial charge is 0.370 e. The van der Waals surface area contributed by atoms with E-state index in [9.17, 15) is 0 Å². The molecule has 0 radical (unpaired) electrons. The van der Waals surface area contributed by atoms with E-state index in [1.54, 1.807) is 10.7 Å². The second-order valence-electron chi connectivity index (χ2n) is 3.02. The molecule has 2 aromatic heterocycles. The van der Waals surface area contributed by atoms with Crippen molar-refractivity contribution in [3.05, 3.63) is 24.5 Å². The third-order valence-electron chi connectivity index (χ3n) is 1.95. The fourth-order valence-electron chi connectivity index (χ4n) is 1.23. The molecule has 0 unspecified atom stereocenters. The maximum atomic E-state index is 5.39. The highest BCUT2D eigenvalue weighted by Gasteiger charge is 1.96. The number of anilines is 1. The Bertz CT molecular complexity index is 408. The van der Waals surface area contributed by atoms with Crippen molar-refractivity contribution in [3.8, 4) is 0 Å². The lowest BCUT2D eigenvalue weighted by atomic mass is 10.4. The second kappa shape index (κ2) is 4.06. The van der Waals surface area contributed by atoms with Gasteiger partial charge in [0, 0.05) is 18.8 Å². The molecule has 0 saturated heterocycles. The van der Waals surface area contributed by atoms with Gasteiger partial charge in [-0.2, -0.15) is 5.10 Å². The van der Waals surface area contributed by atoms with Crippen molar-refractivity contribution >= 4 is 11.5 Å². The molecule has 2 aromatic rings. The van der Waals surface area contributed by atoms with Crippen LogP contribution in [0.2, 0.25) is 0 Å². The van der Waals surface area contributed by atoms with Crippen molar-refractivity contribution in [3.63, 3.8) is 0 Å². The van der Waals surface area contributed by atoms with E-state index >= 15 is 0 Å². The number of nitrogens with zero attached hydrogens (tertiary/aromatic N) is 3. The van der Waals surface area contributed by atoms with Crippen LogP contribution < -0.4 is 11.1 Å². The lowest BCUT2D eigenvalue weighted by Gasteiger charge is -2.03. The summed E-state index contributed by atoms with van der Waals surface area (Å²) in [6.07, 6.45) is 4.56. The van der Waals surface area contributed by atoms with Crippen molar-refractivity contribution in [1.29, 1.82) is 0 Å². The minimum absolute atomic E-state index is 0.696. The van der Waals surface area contributed by atoms with Crippen LogP contribution in [0, 0.1) is 0 Å². The SMILES string of the molecule is NCCCNc1ccn2nccc2n1. The zero-order valence-electron chi connectivity index (χ0n) is 7.85. The molecule has 0 spiro atoms. The summed E-state index contributed by atoms with van der Waals surface area (Å²) in [4.78, 5) is 4.36. The molecule has 0 aliphatic carbocycles. The summed E-state index contributed by atoms with van der Waals surface area (Å²) in [5, 5.41) is 7.26. The minimum atomic E-state index is 0.696. The predicted molar refractivity (Wildman–Crippen MR) is 55.1 cm³/mol. The van der Waals surface area contributed by atoms with Crippen LogP contribution in [0.15, 0.2) is 24.5 Å². The fraction of sp³-hybridized carbons (Fsp3) is 0.333. The van der Waals surface area contributed by atoms with E-state index in [-0.39, 0.29) is 0 Å². The van der Waals surface area contributed by atoms with Crippen molar-refractivity contribution in [2.45, 2.75) is 6.42 Å². The van der Waals surface area contributed by atoms with Crippen LogP contribution in [-0.4, -0.2) is 27.7 Å². The van der Waals surface area contributed by atoms with Crippen LogP contribution in [-0.2, 0) is 0 Å². The average Bonchev–Trinajstić information content (AvgIpc) is 2.65. The Labute approximate surface area is 81.9 Å². The van der Waals surface area contributed by atoms with Crippen molar-refractivity contribution in [1.82, 2.24) is 14.6 Å². The quantitative estimate of drug-likeness (QED) is 0.690. The maximum absolute atomic E-state index is 5.39. The van der Waals surface area contributed by atoms with Crippen LogP contribution in [0.1, 0.15) is 6.42 Å². The summed E-state index contributed by atoms with van der Waals surface area (Å²) >= 11 is 0. The first kappa shape index (κ1) is 8.96. The molecule has 2 heterocycles. The average molecular weight is 191 g/mol. The Morgan fingerprint density at radius 2 is 2.36 bits per heavy atom. The van der Waals surface area contributed by atoms with Crippen LogP contribution in [0.5, 0.6) is 0 Å². The van der Waals surface area contributed by atoms with Gasteiger partial charge in [0.2, 0.25) is 0 Å². The number of fused-ring (bicyclic) bond motifs is 1. The predicted octanol–water partition coefficient (Wildman–Crippen LogP) is 0.490. The Kier molecular flexibility index (Phi) is 2.60. The van der Waals surface area contributed by atoms with Gasteiger partial charge in [-0.3, -0.25) is 0 Å². The van der Waals surface area contributed by atoms with Gasteiger partial charge in [0.15, 0.2) is 5.65 Å². The number of nitrogens with two attached hydrogens (primary N) is 1. The molecule has 3 N–H and O–H groups in total. The molecule has 5 nitrogen and oxygen atoms in total. The van der Waals surface area contributed by atoms with Gasteiger partial charge >= 0.3 is 0 Å². The molecule has 0 saturated carbocycles. The van der Waals surface area contributed by atoms with Gasteiger partial charge in [-0.05, 0) is 19.0 Å². The molecule has 74 valence electrons. The number of rotatable bonds is 4. The molecule has 0 atom stereocenters. The van der Waals surface area contributed by atoms with Crippen LogP contribution in [0.3, 0.4) is 0 Å². The third kappa shape index (κ3) is 1.82. The van der Waals surface area contributed by atoms with Gasteiger partial charge in [-0.15, -0.1) is 0 Å². The van der Waals surface area contributed by atoms with Gasteiger partial charge in [0.25, 0.3) is 0 Å². The summed E-state index contributed by atoms with van der Waals surface area (Å²) in [6.45, 7) is 1.55. The molecule has 14 heavy (non-hydrogen) atoms. The standard InChI is InChI=1S/C9H13N5/c10-4-1-5-11-8-3-7-14-9(13-8)2-6-12-14/h2-3,6-7H,1,4-5,10H2,(H,11,13). The highest BCUT2D eigenvalue weighted by atomic mass is 15.2. The molecule has 0 aliphatic rings. The van der Waals surface area contributed by atoms with Gasteiger partial charge < -0.3 is 11.1 Å². The second-order valence-corrected chi connectivity index (χ2v) is 3.02. The van der Waals surface area contributed by atoms with Gasteiger partial charge in [-0.1, -0.05) is 0 Å². The van der Waals surface area contributed by atoms with Crippen LogP contribution in [0.4, 0.5) is 5.82 Å². The number of hydrogen-bond donors (Lipinski definition) is 2. The van der Waals surface area contributed by atoms with Gasteiger partial charge in [0.05, 0.1) is 6.20 Å². The summed E-state index contributed by atoms with van der Waals surface area (Å²) < 4.78 is 1.73. The van der Waals surface area contributed by atoms with Crippen molar-refractivity contribution < 1.29 is 0 Å². The first-order chi connectivity index (χ1) is 6.90. The zero-order valence-corrected chi connectivity index (χ0v) is 7.85. The van der Waals surface area contributed by atoms with E-state index in [1.165, 1.54) is 0 Å². The lowest BCUT2D eigenvalue weighted by molar-refractivity contribution is 0.867. The minimum Gasteiger partial charge on any atom is -0.370 e. The number of aromatic nitrogens is 3. The number of hydrogen-bond acceptors (Lipinski definition) is 4. The summed E-state index contributed by atoms with van der Waals surface area (Å²) in [7, 11) is 0. The van der Waals surface area contributed by atoms with Crippen LogP contribution >= 0.6 is 0 Å². The third-order valence-corrected chi connectivity index (χ3v) is 1.95. The highest BCUT2D eigenvalue weighted by Crippen LogP contribution is 2.05. The van der Waals surface area contributed by atoms with Gasteiger partial charge in [0.1, 0.15) is 5.82 Å². The topological polar surface area (TPSA) is 68.2 Å². The number of nitrogens with one attached hydrogen (secondary N) is 1. The van der Waals surface area contributed by atoms with Crippen LogP contribution in [0.25, 0.3) is 5.65 Å². The monoisotopic (exact) mass is 191 g/mol. The Balaban J connectivity index is 2.10. The van der Waals surface area contributed by atoms with E-state index < -0.39 is 0 Å². The Morgan fingerprint density at radius 1 is 1.43 bits per heavy atom. The van der Waals surface area contributed by atoms with E-state index in [0.717, 1.165) is 24.4 Å². The molecule has 0 aliphatic heterocycles. The van der Waals surface area contributed by atoms with Crippen molar-refractivity contribution in [2.24, 2.45) is 5.73 Å².